The second-order valence-corrected chi connectivity index (χ2v) is 4.76. The summed E-state index contributed by atoms with van der Waals surface area (Å²) in [5.74, 6) is 0.518. The molecule has 0 fully saturated rings. The van der Waals surface area contributed by atoms with E-state index < -0.39 is 0 Å². The summed E-state index contributed by atoms with van der Waals surface area (Å²) in [7, 11) is 0. The number of hydrogen-bond acceptors (Lipinski definition) is 4. The molecule has 0 spiro atoms. The van der Waals surface area contributed by atoms with Crippen molar-refractivity contribution >= 4 is 11.7 Å². The Kier molecular flexibility index (Phi) is 5.65. The fourth-order valence-corrected chi connectivity index (χ4v) is 2.06. The highest BCUT2D eigenvalue weighted by Gasteiger charge is 2.12. The van der Waals surface area contributed by atoms with Crippen LogP contribution >= 0.6 is 0 Å². The smallest absolute Gasteiger partial charge is 0.270 e. The predicted octanol–water partition coefficient (Wildman–Crippen LogP) is 2.42. The molecule has 0 aliphatic carbocycles. The number of anilines is 1. The van der Waals surface area contributed by atoms with Crippen LogP contribution in [0.15, 0.2) is 55.4 Å². The Morgan fingerprint density at radius 2 is 2.09 bits per heavy atom. The van der Waals surface area contributed by atoms with Crippen molar-refractivity contribution in [3.8, 4) is 0 Å². The number of aromatic nitrogens is 2. The van der Waals surface area contributed by atoms with Crippen molar-refractivity contribution in [1.82, 2.24) is 15.3 Å². The zero-order valence-electron chi connectivity index (χ0n) is 12.7. The van der Waals surface area contributed by atoms with E-state index in [1.165, 1.54) is 11.9 Å². The summed E-state index contributed by atoms with van der Waals surface area (Å²) in [4.78, 5) is 22.4. The van der Waals surface area contributed by atoms with Crippen LogP contribution in [0.2, 0.25) is 0 Å². The number of hydrogen-bond donors (Lipinski definition) is 1. The molecule has 0 aliphatic rings. The minimum Gasteiger partial charge on any atom is -0.352 e. The van der Waals surface area contributed by atoms with Crippen LogP contribution in [0.3, 0.4) is 0 Å². The summed E-state index contributed by atoms with van der Waals surface area (Å²) in [6.07, 6.45) is 3.06. The van der Waals surface area contributed by atoms with Gasteiger partial charge < -0.3 is 10.2 Å². The Bertz CT molecular complexity index is 628. The minimum atomic E-state index is -0.223. The van der Waals surface area contributed by atoms with E-state index in [4.69, 9.17) is 0 Å². The normalized spacial score (nSPS) is 10.0. The molecule has 0 atom stereocenters. The van der Waals surface area contributed by atoms with Gasteiger partial charge in [0.05, 0.1) is 0 Å². The molecule has 22 heavy (non-hydrogen) atoms. The predicted molar refractivity (Wildman–Crippen MR) is 87.7 cm³/mol. The number of nitrogens with one attached hydrogen (secondary N) is 1. The van der Waals surface area contributed by atoms with E-state index in [2.05, 4.69) is 45.8 Å². The SMILES string of the molecule is C=CCNC(=O)c1cc(N(CC)Cc2ccccc2)ncn1. The highest BCUT2D eigenvalue weighted by Crippen LogP contribution is 2.14. The summed E-state index contributed by atoms with van der Waals surface area (Å²) < 4.78 is 0. The number of amides is 1. The van der Waals surface area contributed by atoms with Gasteiger partial charge in [0.25, 0.3) is 5.91 Å². The lowest BCUT2D eigenvalue weighted by molar-refractivity contribution is 0.0953. The third-order valence-electron chi connectivity index (χ3n) is 3.21. The second kappa shape index (κ2) is 7.93. The lowest BCUT2D eigenvalue weighted by Gasteiger charge is -2.22. The average Bonchev–Trinajstić information content (AvgIpc) is 2.58. The van der Waals surface area contributed by atoms with Gasteiger partial charge in [-0.25, -0.2) is 9.97 Å². The molecule has 1 N–H and O–H groups in total. The molecule has 1 aromatic carbocycles. The topological polar surface area (TPSA) is 58.1 Å². The van der Waals surface area contributed by atoms with Crippen molar-refractivity contribution in [2.24, 2.45) is 0 Å². The number of nitrogens with zero attached hydrogens (tertiary/aromatic N) is 3. The Morgan fingerprint density at radius 1 is 1.32 bits per heavy atom. The molecule has 1 amide bonds. The van der Waals surface area contributed by atoms with E-state index in [-0.39, 0.29) is 5.91 Å². The molecule has 114 valence electrons. The van der Waals surface area contributed by atoms with Gasteiger partial charge in [-0.15, -0.1) is 6.58 Å². The van der Waals surface area contributed by atoms with Crippen LogP contribution in [-0.2, 0) is 6.54 Å². The van der Waals surface area contributed by atoms with E-state index in [0.29, 0.717) is 12.2 Å². The van der Waals surface area contributed by atoms with Crippen LogP contribution in [0.4, 0.5) is 5.82 Å². The second-order valence-electron chi connectivity index (χ2n) is 4.76. The van der Waals surface area contributed by atoms with Crippen LogP contribution in [0.25, 0.3) is 0 Å². The first-order valence-electron chi connectivity index (χ1n) is 7.24. The zero-order valence-corrected chi connectivity index (χ0v) is 12.7. The van der Waals surface area contributed by atoms with Gasteiger partial charge >= 0.3 is 0 Å². The number of carbonyl (C=O) groups is 1. The fraction of sp³-hybridized carbons (Fsp3) is 0.235. The quantitative estimate of drug-likeness (QED) is 0.797. The zero-order chi connectivity index (χ0) is 15.8. The van der Waals surface area contributed by atoms with Gasteiger partial charge in [0.15, 0.2) is 0 Å². The lowest BCUT2D eigenvalue weighted by Crippen LogP contribution is -2.26. The number of benzene rings is 1. The first-order valence-corrected chi connectivity index (χ1v) is 7.24. The highest BCUT2D eigenvalue weighted by atomic mass is 16.1. The minimum absolute atomic E-state index is 0.223. The third-order valence-corrected chi connectivity index (χ3v) is 3.21. The van der Waals surface area contributed by atoms with Gasteiger partial charge in [0.2, 0.25) is 0 Å². The summed E-state index contributed by atoms with van der Waals surface area (Å²) in [6.45, 7) is 7.58. The molecule has 2 aromatic rings. The molecule has 0 radical (unpaired) electrons. The molecule has 1 heterocycles. The highest BCUT2D eigenvalue weighted by molar-refractivity contribution is 5.92. The molecule has 0 saturated carbocycles. The molecule has 2 rings (SSSR count). The van der Waals surface area contributed by atoms with Crippen molar-refractivity contribution in [2.45, 2.75) is 13.5 Å². The molecule has 0 unspecified atom stereocenters. The maximum atomic E-state index is 12.0. The van der Waals surface area contributed by atoms with Crippen molar-refractivity contribution in [2.75, 3.05) is 18.0 Å². The van der Waals surface area contributed by atoms with E-state index in [9.17, 15) is 4.79 Å². The van der Waals surface area contributed by atoms with Crippen molar-refractivity contribution in [3.05, 3.63) is 66.6 Å². The fourth-order valence-electron chi connectivity index (χ4n) is 2.06. The molecule has 0 saturated heterocycles. The van der Waals surface area contributed by atoms with Crippen molar-refractivity contribution in [1.29, 1.82) is 0 Å². The van der Waals surface area contributed by atoms with Gasteiger partial charge in [0, 0.05) is 25.7 Å². The summed E-state index contributed by atoms with van der Waals surface area (Å²) >= 11 is 0. The van der Waals surface area contributed by atoms with E-state index in [0.717, 1.165) is 18.9 Å². The largest absolute Gasteiger partial charge is 0.352 e. The van der Waals surface area contributed by atoms with E-state index in [1.807, 2.05) is 18.2 Å². The van der Waals surface area contributed by atoms with Crippen LogP contribution in [0, 0.1) is 0 Å². The van der Waals surface area contributed by atoms with Crippen LogP contribution in [-0.4, -0.2) is 29.0 Å². The monoisotopic (exact) mass is 296 g/mol. The van der Waals surface area contributed by atoms with Gasteiger partial charge in [-0.3, -0.25) is 4.79 Å². The van der Waals surface area contributed by atoms with Gasteiger partial charge in [0.1, 0.15) is 17.8 Å². The van der Waals surface area contributed by atoms with Crippen LogP contribution < -0.4 is 10.2 Å². The van der Waals surface area contributed by atoms with Crippen LogP contribution in [0.1, 0.15) is 23.0 Å². The maximum absolute atomic E-state index is 12.0. The Morgan fingerprint density at radius 3 is 2.77 bits per heavy atom. The first-order chi connectivity index (χ1) is 10.7. The van der Waals surface area contributed by atoms with Gasteiger partial charge in [-0.1, -0.05) is 36.4 Å². The average molecular weight is 296 g/mol. The molecule has 1 aromatic heterocycles. The third kappa shape index (κ3) is 4.15. The van der Waals surface area contributed by atoms with Crippen molar-refractivity contribution in [3.63, 3.8) is 0 Å². The summed E-state index contributed by atoms with van der Waals surface area (Å²) in [6, 6.07) is 11.9. The standard InChI is InChI=1S/C17H20N4O/c1-3-10-18-17(22)15-11-16(20-13-19-15)21(4-2)12-14-8-6-5-7-9-14/h3,5-9,11,13H,1,4,10,12H2,2H3,(H,18,22). The maximum Gasteiger partial charge on any atom is 0.270 e. The summed E-state index contributed by atoms with van der Waals surface area (Å²) in [5, 5.41) is 2.72. The van der Waals surface area contributed by atoms with Crippen LogP contribution in [0.5, 0.6) is 0 Å². The Balaban J connectivity index is 2.15. The lowest BCUT2D eigenvalue weighted by atomic mass is 10.2. The molecule has 0 bridgehead atoms. The van der Waals surface area contributed by atoms with E-state index in [1.54, 1.807) is 12.1 Å². The molecular weight excluding hydrogens is 276 g/mol. The molecule has 5 nitrogen and oxygen atoms in total. The number of rotatable bonds is 7. The van der Waals surface area contributed by atoms with Crippen molar-refractivity contribution < 1.29 is 4.79 Å². The van der Waals surface area contributed by atoms with Gasteiger partial charge in [-0.2, -0.15) is 0 Å². The van der Waals surface area contributed by atoms with Gasteiger partial charge in [-0.05, 0) is 12.5 Å². The number of carbonyl (C=O) groups excluding carboxylic acids is 1. The van der Waals surface area contributed by atoms with E-state index >= 15 is 0 Å². The molecule has 5 heteroatoms. The first kappa shape index (κ1) is 15.7. The molecule has 0 aliphatic heterocycles. The summed E-state index contributed by atoms with van der Waals surface area (Å²) in [5.41, 5.74) is 1.55. The Hall–Kier alpha value is -2.69. The molecular formula is C17H20N4O. The Labute approximate surface area is 130 Å².